The highest BCUT2D eigenvalue weighted by molar-refractivity contribution is 7.92. The van der Waals surface area contributed by atoms with Gasteiger partial charge in [0.25, 0.3) is 0 Å². The monoisotopic (exact) mass is 320 g/mol. The summed E-state index contributed by atoms with van der Waals surface area (Å²) in [5.74, 6) is -0.887. The Labute approximate surface area is 123 Å². The summed E-state index contributed by atoms with van der Waals surface area (Å²) in [7, 11) is -3.44. The van der Waals surface area contributed by atoms with Crippen LogP contribution in [0.25, 0.3) is 0 Å². The summed E-state index contributed by atoms with van der Waals surface area (Å²) in [5, 5.41) is 8.75. The van der Waals surface area contributed by atoms with Gasteiger partial charge in [0.05, 0.1) is 5.75 Å². The van der Waals surface area contributed by atoms with Crippen molar-refractivity contribution in [2.45, 2.75) is 18.9 Å². The van der Waals surface area contributed by atoms with Gasteiger partial charge in [0.2, 0.25) is 10.0 Å². The Balaban J connectivity index is 2.75. The number of alkyl halides is 1. The van der Waals surface area contributed by atoms with Crippen LogP contribution in [-0.2, 0) is 21.2 Å². The highest BCUT2D eigenvalue weighted by Gasteiger charge is 2.13. The first-order valence-electron chi connectivity index (χ1n) is 5.98. The Morgan fingerprint density at radius 2 is 2.15 bits per heavy atom. The van der Waals surface area contributed by atoms with Crippen LogP contribution in [0.15, 0.2) is 24.3 Å². The summed E-state index contributed by atoms with van der Waals surface area (Å²) in [6.45, 7) is 0. The Morgan fingerprint density at radius 1 is 1.45 bits per heavy atom. The van der Waals surface area contributed by atoms with E-state index in [1.807, 2.05) is 0 Å². The predicted octanol–water partition coefficient (Wildman–Crippen LogP) is 1.01. The molecule has 0 unspecified atom stereocenters. The van der Waals surface area contributed by atoms with Crippen molar-refractivity contribution in [1.29, 1.82) is 0 Å². The van der Waals surface area contributed by atoms with Gasteiger partial charge in [0.1, 0.15) is 6.04 Å². The largest absolute Gasteiger partial charge is 0.480 e. The van der Waals surface area contributed by atoms with Crippen LogP contribution in [0.5, 0.6) is 0 Å². The van der Waals surface area contributed by atoms with Crippen LogP contribution >= 0.6 is 11.6 Å². The van der Waals surface area contributed by atoms with Crippen molar-refractivity contribution in [1.82, 2.24) is 0 Å². The van der Waals surface area contributed by atoms with Crippen molar-refractivity contribution in [3.8, 4) is 0 Å². The van der Waals surface area contributed by atoms with Gasteiger partial charge in [-0.2, -0.15) is 0 Å². The maximum atomic E-state index is 11.7. The summed E-state index contributed by atoms with van der Waals surface area (Å²) < 4.78 is 25.8. The smallest absolute Gasteiger partial charge is 0.320 e. The lowest BCUT2D eigenvalue weighted by Crippen LogP contribution is -2.32. The first-order chi connectivity index (χ1) is 9.34. The number of hydrogen-bond acceptors (Lipinski definition) is 4. The SMILES string of the molecule is N[C@@H](Cc1cccc(NS(=O)(=O)CCCCl)c1)C(=O)O. The summed E-state index contributed by atoms with van der Waals surface area (Å²) in [6, 6.07) is 5.48. The normalized spacial score (nSPS) is 12.9. The molecule has 1 atom stereocenters. The van der Waals surface area contributed by atoms with Crippen LogP contribution in [-0.4, -0.2) is 37.2 Å². The summed E-state index contributed by atoms with van der Waals surface area (Å²) in [6.07, 6.45) is 0.493. The molecule has 0 amide bonds. The number of hydrogen-bond donors (Lipinski definition) is 3. The van der Waals surface area contributed by atoms with E-state index in [0.29, 0.717) is 17.7 Å². The fraction of sp³-hybridized carbons (Fsp3) is 0.417. The molecular formula is C12H17ClN2O4S. The summed E-state index contributed by atoms with van der Waals surface area (Å²) >= 11 is 5.46. The molecule has 20 heavy (non-hydrogen) atoms. The van der Waals surface area contributed by atoms with E-state index in [-0.39, 0.29) is 18.1 Å². The minimum atomic E-state index is -3.44. The number of benzene rings is 1. The second-order valence-corrected chi connectivity index (χ2v) is 6.53. The first kappa shape index (κ1) is 16.7. The topological polar surface area (TPSA) is 109 Å². The van der Waals surface area contributed by atoms with Crippen LogP contribution in [0.1, 0.15) is 12.0 Å². The van der Waals surface area contributed by atoms with Gasteiger partial charge in [-0.05, 0) is 30.5 Å². The minimum absolute atomic E-state index is 0.0602. The molecule has 1 aromatic rings. The van der Waals surface area contributed by atoms with Gasteiger partial charge in [0, 0.05) is 11.6 Å². The van der Waals surface area contributed by atoms with Crippen molar-refractivity contribution < 1.29 is 18.3 Å². The Kier molecular flexibility index (Phi) is 6.25. The van der Waals surface area contributed by atoms with Crippen LogP contribution in [0.4, 0.5) is 5.69 Å². The van der Waals surface area contributed by atoms with Crippen LogP contribution in [0.3, 0.4) is 0 Å². The third-order valence-electron chi connectivity index (χ3n) is 2.52. The zero-order valence-corrected chi connectivity index (χ0v) is 12.3. The van der Waals surface area contributed by atoms with Crippen molar-refractivity contribution >= 4 is 33.3 Å². The predicted molar refractivity (Wildman–Crippen MR) is 78.5 cm³/mol. The molecule has 112 valence electrons. The standard InChI is InChI=1S/C12H17ClN2O4S/c13-5-2-6-20(18,19)15-10-4-1-3-9(7-10)8-11(14)12(16)17/h1,3-4,7,11,15H,2,5-6,8,14H2,(H,16,17)/t11-/m0/s1. The Bertz CT molecular complexity index is 562. The molecule has 0 radical (unpaired) electrons. The van der Waals surface area contributed by atoms with Crippen LogP contribution in [0, 0.1) is 0 Å². The molecule has 0 saturated carbocycles. The number of aliphatic carboxylic acids is 1. The molecule has 0 aliphatic heterocycles. The van der Waals surface area contributed by atoms with E-state index in [1.165, 1.54) is 0 Å². The van der Waals surface area contributed by atoms with E-state index >= 15 is 0 Å². The Morgan fingerprint density at radius 3 is 2.75 bits per heavy atom. The van der Waals surface area contributed by atoms with Gasteiger partial charge in [0.15, 0.2) is 0 Å². The molecular weight excluding hydrogens is 304 g/mol. The van der Waals surface area contributed by atoms with E-state index in [1.54, 1.807) is 24.3 Å². The molecule has 0 heterocycles. The molecule has 0 fully saturated rings. The van der Waals surface area contributed by atoms with E-state index in [9.17, 15) is 13.2 Å². The summed E-state index contributed by atoms with van der Waals surface area (Å²) in [4.78, 5) is 10.7. The van der Waals surface area contributed by atoms with E-state index < -0.39 is 22.0 Å². The highest BCUT2D eigenvalue weighted by Crippen LogP contribution is 2.14. The second kappa shape index (κ2) is 7.47. The van der Waals surface area contributed by atoms with Crippen molar-refractivity contribution in [2.75, 3.05) is 16.4 Å². The average molecular weight is 321 g/mol. The fourth-order valence-electron chi connectivity index (χ4n) is 1.58. The lowest BCUT2D eigenvalue weighted by atomic mass is 10.1. The minimum Gasteiger partial charge on any atom is -0.480 e. The molecule has 1 rings (SSSR count). The maximum absolute atomic E-state index is 11.7. The third-order valence-corrected chi connectivity index (χ3v) is 4.16. The molecule has 0 spiro atoms. The zero-order valence-electron chi connectivity index (χ0n) is 10.8. The van der Waals surface area contributed by atoms with E-state index in [2.05, 4.69) is 4.72 Å². The number of carboxylic acids is 1. The molecule has 0 aromatic heterocycles. The number of anilines is 1. The maximum Gasteiger partial charge on any atom is 0.320 e. The zero-order chi connectivity index (χ0) is 15.2. The van der Waals surface area contributed by atoms with Crippen molar-refractivity contribution in [3.63, 3.8) is 0 Å². The number of sulfonamides is 1. The summed E-state index contributed by atoms with van der Waals surface area (Å²) in [5.41, 5.74) is 6.47. The Hall–Kier alpha value is -1.31. The molecule has 8 heteroatoms. The highest BCUT2D eigenvalue weighted by atomic mass is 35.5. The molecule has 0 saturated heterocycles. The van der Waals surface area contributed by atoms with Gasteiger partial charge >= 0.3 is 5.97 Å². The van der Waals surface area contributed by atoms with Crippen molar-refractivity contribution in [2.24, 2.45) is 5.73 Å². The van der Waals surface area contributed by atoms with Gasteiger partial charge in [-0.15, -0.1) is 11.6 Å². The number of rotatable bonds is 8. The van der Waals surface area contributed by atoms with Gasteiger partial charge in [-0.3, -0.25) is 9.52 Å². The lowest BCUT2D eigenvalue weighted by molar-refractivity contribution is -0.138. The number of halogens is 1. The molecule has 1 aromatic carbocycles. The lowest BCUT2D eigenvalue weighted by Gasteiger charge is -2.10. The van der Waals surface area contributed by atoms with E-state index in [0.717, 1.165) is 0 Å². The van der Waals surface area contributed by atoms with Crippen molar-refractivity contribution in [3.05, 3.63) is 29.8 Å². The fourth-order valence-corrected chi connectivity index (χ4v) is 2.98. The van der Waals surface area contributed by atoms with E-state index in [4.69, 9.17) is 22.4 Å². The molecule has 0 aliphatic rings. The molecule has 4 N–H and O–H groups in total. The van der Waals surface area contributed by atoms with Gasteiger partial charge in [-0.1, -0.05) is 12.1 Å². The van der Waals surface area contributed by atoms with Gasteiger partial charge in [-0.25, -0.2) is 8.42 Å². The number of nitrogens with two attached hydrogens (primary N) is 1. The number of carboxylic acid groups (broad SMARTS) is 1. The molecule has 0 bridgehead atoms. The third kappa shape index (κ3) is 5.77. The first-order valence-corrected chi connectivity index (χ1v) is 8.16. The van der Waals surface area contributed by atoms with Crippen LogP contribution < -0.4 is 10.5 Å². The second-order valence-electron chi connectivity index (χ2n) is 4.31. The average Bonchev–Trinajstić information content (AvgIpc) is 2.36. The number of carbonyl (C=O) groups is 1. The molecule has 6 nitrogen and oxygen atoms in total. The van der Waals surface area contributed by atoms with Gasteiger partial charge < -0.3 is 10.8 Å². The number of nitrogens with one attached hydrogen (secondary N) is 1. The quantitative estimate of drug-likeness (QED) is 0.619. The molecule has 0 aliphatic carbocycles. The van der Waals surface area contributed by atoms with Crippen LogP contribution in [0.2, 0.25) is 0 Å².